The van der Waals surface area contributed by atoms with E-state index >= 15 is 0 Å². The Morgan fingerprint density at radius 2 is 2.14 bits per heavy atom. The lowest BCUT2D eigenvalue weighted by atomic mass is 10.5. The maximum Gasteiger partial charge on any atom is 0.375 e. The first-order valence-electron chi connectivity index (χ1n) is 3.94. The second-order valence-electron chi connectivity index (χ2n) is 2.45. The van der Waals surface area contributed by atoms with Crippen LogP contribution in [0.15, 0.2) is 0 Å². The zero-order valence-electron chi connectivity index (χ0n) is 7.93. The minimum absolute atomic E-state index is 0.462. The van der Waals surface area contributed by atoms with Gasteiger partial charge in [-0.3, -0.25) is 4.52 Å². The third-order valence-electron chi connectivity index (χ3n) is 1.21. The van der Waals surface area contributed by atoms with Gasteiger partial charge in [0, 0.05) is 13.7 Å². The fourth-order valence-electron chi connectivity index (χ4n) is 0.583. The Balaban J connectivity index is 4.32. The van der Waals surface area contributed by atoms with Gasteiger partial charge in [-0.25, -0.2) is 5.09 Å². The lowest BCUT2D eigenvalue weighted by Crippen LogP contribution is -2.26. The van der Waals surface area contributed by atoms with Crippen LogP contribution in [0.5, 0.6) is 0 Å². The summed E-state index contributed by atoms with van der Waals surface area (Å²) in [4.78, 5) is 0. The zero-order chi connectivity index (χ0) is 11.2. The highest BCUT2D eigenvalue weighted by Crippen LogP contribution is 2.48. The Morgan fingerprint density at radius 3 is 2.50 bits per heavy atom. The van der Waals surface area contributed by atoms with E-state index in [9.17, 15) is 8.78 Å². The molecule has 0 aromatic rings. The number of rotatable bonds is 7. The van der Waals surface area contributed by atoms with Crippen molar-refractivity contribution in [2.75, 3.05) is 19.5 Å². The highest BCUT2D eigenvalue weighted by molar-refractivity contribution is 8.08. The molecule has 1 atom stereocenters. The monoisotopic (exact) mass is 267 g/mol. The van der Waals surface area contributed by atoms with Crippen molar-refractivity contribution in [3.05, 3.63) is 0 Å². The minimum Gasteiger partial charge on any atom is -0.321 e. The van der Waals surface area contributed by atoms with E-state index in [1.165, 1.54) is 7.11 Å². The lowest BCUT2D eigenvalue weighted by molar-refractivity contribution is -0.156. The van der Waals surface area contributed by atoms with Crippen LogP contribution in [-0.4, -0.2) is 25.6 Å². The van der Waals surface area contributed by atoms with Crippen LogP contribution >= 0.6 is 18.2 Å². The van der Waals surface area contributed by atoms with E-state index in [1.807, 2.05) is 6.92 Å². The summed E-state index contributed by atoms with van der Waals surface area (Å²) >= 11 is 9.80. The van der Waals surface area contributed by atoms with E-state index in [-0.39, 0.29) is 0 Å². The van der Waals surface area contributed by atoms with Crippen molar-refractivity contribution in [2.45, 2.75) is 19.5 Å². The number of hydrogen-bond donors (Lipinski definition) is 1. The van der Waals surface area contributed by atoms with Gasteiger partial charge in [-0.2, -0.15) is 8.78 Å². The van der Waals surface area contributed by atoms with Gasteiger partial charge < -0.3 is 4.52 Å². The molecule has 86 valence electrons. The van der Waals surface area contributed by atoms with Crippen LogP contribution in [0.1, 0.15) is 13.3 Å². The molecule has 0 aliphatic heterocycles. The second-order valence-corrected chi connectivity index (χ2v) is 6.02. The SMILES string of the molecule is CCCNP(=S)(OC)OC(F)(F)CCl. The molecule has 0 aromatic heterocycles. The molecule has 0 spiro atoms. The predicted molar refractivity (Wildman–Crippen MR) is 56.3 cm³/mol. The molecule has 3 nitrogen and oxygen atoms in total. The summed E-state index contributed by atoms with van der Waals surface area (Å²) in [6.07, 6.45) is -2.70. The van der Waals surface area contributed by atoms with Gasteiger partial charge in [0.2, 0.25) is 0 Å². The molecule has 1 unspecified atom stereocenters. The van der Waals surface area contributed by atoms with E-state index < -0.39 is 18.6 Å². The molecular weight excluding hydrogens is 255 g/mol. The summed E-state index contributed by atoms with van der Waals surface area (Å²) < 4.78 is 34.6. The van der Waals surface area contributed by atoms with Crippen molar-refractivity contribution in [3.8, 4) is 0 Å². The maximum absolute atomic E-state index is 12.7. The Bertz CT molecular complexity index is 220. The van der Waals surface area contributed by atoms with Gasteiger partial charge in [-0.1, -0.05) is 6.92 Å². The van der Waals surface area contributed by atoms with Gasteiger partial charge in [0.15, 0.2) is 0 Å². The largest absolute Gasteiger partial charge is 0.375 e. The van der Waals surface area contributed by atoms with E-state index in [4.69, 9.17) is 27.9 Å². The average Bonchev–Trinajstić information content (AvgIpc) is 2.14. The second kappa shape index (κ2) is 6.30. The molecule has 8 heteroatoms. The molecule has 0 heterocycles. The van der Waals surface area contributed by atoms with Gasteiger partial charge in [-0.05, 0) is 18.2 Å². The van der Waals surface area contributed by atoms with E-state index in [2.05, 4.69) is 9.61 Å². The zero-order valence-corrected chi connectivity index (χ0v) is 10.4. The van der Waals surface area contributed by atoms with E-state index in [0.29, 0.717) is 6.54 Å². The summed E-state index contributed by atoms with van der Waals surface area (Å²) in [7, 11) is 1.23. The average molecular weight is 268 g/mol. The molecule has 0 radical (unpaired) electrons. The molecule has 0 saturated heterocycles. The first kappa shape index (κ1) is 14.7. The predicted octanol–water partition coefficient (Wildman–Crippen LogP) is 2.71. The van der Waals surface area contributed by atoms with Gasteiger partial charge >= 0.3 is 6.11 Å². The highest BCUT2D eigenvalue weighted by atomic mass is 35.5. The minimum atomic E-state index is -3.45. The summed E-state index contributed by atoms with van der Waals surface area (Å²) in [5.74, 6) is -0.942. The van der Waals surface area contributed by atoms with E-state index in [1.54, 1.807) is 0 Å². The Kier molecular flexibility index (Phi) is 6.61. The number of nitrogens with one attached hydrogen (secondary N) is 1. The first-order chi connectivity index (χ1) is 6.39. The fraction of sp³-hybridized carbons (Fsp3) is 1.00. The third-order valence-corrected chi connectivity index (χ3v) is 4.17. The number of halogens is 3. The molecule has 1 N–H and O–H groups in total. The molecule has 14 heavy (non-hydrogen) atoms. The van der Waals surface area contributed by atoms with Gasteiger partial charge in [-0.15, -0.1) is 11.6 Å². The van der Waals surface area contributed by atoms with Crippen LogP contribution < -0.4 is 5.09 Å². The molecule has 0 fully saturated rings. The molecule has 0 aromatic carbocycles. The number of hydrogen-bond acceptors (Lipinski definition) is 3. The standard InChI is InChI=1S/C6H13ClF2NO2PS/c1-3-4-10-13(14,11-2)12-6(8,9)5-7/h3-5H2,1-2H3,(H,10,14). The molecular formula is C6H13ClF2NO2PS. The summed E-state index contributed by atoms with van der Waals surface area (Å²) in [5, 5.41) is 2.63. The highest BCUT2D eigenvalue weighted by Gasteiger charge is 2.36. The van der Waals surface area contributed by atoms with Crippen LogP contribution in [0.2, 0.25) is 0 Å². The van der Waals surface area contributed by atoms with Crippen molar-refractivity contribution in [1.29, 1.82) is 0 Å². The molecule has 0 aliphatic rings. The van der Waals surface area contributed by atoms with Gasteiger partial charge in [0.25, 0.3) is 6.64 Å². The van der Waals surface area contributed by atoms with Crippen molar-refractivity contribution in [2.24, 2.45) is 0 Å². The normalized spacial score (nSPS) is 16.6. The molecule has 0 amide bonds. The smallest absolute Gasteiger partial charge is 0.321 e. The third kappa shape index (κ3) is 5.53. The van der Waals surface area contributed by atoms with Gasteiger partial charge in [0.1, 0.15) is 5.88 Å². The first-order valence-corrected chi connectivity index (χ1v) is 7.12. The van der Waals surface area contributed by atoms with Crippen molar-refractivity contribution in [1.82, 2.24) is 5.09 Å². The quantitative estimate of drug-likeness (QED) is 0.567. The summed E-state index contributed by atoms with van der Waals surface area (Å²) in [6, 6.07) is 0. The Morgan fingerprint density at radius 1 is 1.57 bits per heavy atom. The Labute approximate surface area is 92.3 Å². The van der Waals surface area contributed by atoms with Crippen LogP contribution in [0.4, 0.5) is 8.78 Å². The molecule has 0 bridgehead atoms. The summed E-state index contributed by atoms with van der Waals surface area (Å²) in [6.45, 7) is -0.767. The van der Waals surface area contributed by atoms with Crippen molar-refractivity contribution in [3.63, 3.8) is 0 Å². The maximum atomic E-state index is 12.7. The lowest BCUT2D eigenvalue weighted by Gasteiger charge is -2.24. The van der Waals surface area contributed by atoms with Crippen LogP contribution in [0, 0.1) is 0 Å². The molecule has 0 aliphatic carbocycles. The van der Waals surface area contributed by atoms with E-state index in [0.717, 1.165) is 6.42 Å². The van der Waals surface area contributed by atoms with Crippen LogP contribution in [0.25, 0.3) is 0 Å². The fourth-order valence-corrected chi connectivity index (χ4v) is 2.50. The van der Waals surface area contributed by atoms with Crippen LogP contribution in [-0.2, 0) is 20.9 Å². The number of alkyl halides is 3. The van der Waals surface area contributed by atoms with Gasteiger partial charge in [0.05, 0.1) is 0 Å². The Hall–Kier alpha value is 0.680. The van der Waals surface area contributed by atoms with Crippen molar-refractivity contribution >= 4 is 30.1 Å². The van der Waals surface area contributed by atoms with Crippen molar-refractivity contribution < 1.29 is 17.8 Å². The molecule has 0 saturated carbocycles. The molecule has 0 rings (SSSR count). The topological polar surface area (TPSA) is 30.5 Å². The van der Waals surface area contributed by atoms with Crippen LogP contribution in [0.3, 0.4) is 0 Å². The summed E-state index contributed by atoms with van der Waals surface area (Å²) in [5.41, 5.74) is 0.